The molecule has 0 atom stereocenters. The molecule has 0 N–H and O–H groups in total. The molecule has 0 aromatic heterocycles. The van der Waals surface area contributed by atoms with Crippen LogP contribution in [0.5, 0.6) is 0 Å². The summed E-state index contributed by atoms with van der Waals surface area (Å²) in [5.74, 6) is 0. The molecule has 0 fully saturated rings. The van der Waals surface area contributed by atoms with E-state index in [4.69, 9.17) is 0 Å². The Balaban J connectivity index is 2.56. The normalized spacial score (nSPS) is 8.14. The first-order valence-corrected chi connectivity index (χ1v) is 6.09. The summed E-state index contributed by atoms with van der Waals surface area (Å²) in [6.07, 6.45) is 1.44. The van der Waals surface area contributed by atoms with Gasteiger partial charge in [-0.3, -0.25) is 0 Å². The molecule has 0 aliphatic carbocycles. The molecule has 0 heterocycles. The molecule has 0 rings (SSSR count). The summed E-state index contributed by atoms with van der Waals surface area (Å²) >= 11 is -1.38. The molecule has 0 aromatic rings. The SMILES string of the molecule is [O]=[In][CH2]CCCF. The molecule has 0 unspecified atom stereocenters. The van der Waals surface area contributed by atoms with E-state index < -0.39 is 22.9 Å². The fourth-order valence-corrected chi connectivity index (χ4v) is 1.62. The molecule has 0 aromatic carbocycles. The Morgan fingerprint density at radius 1 is 1.43 bits per heavy atom. The van der Waals surface area contributed by atoms with Crippen molar-refractivity contribution in [3.8, 4) is 0 Å². The zero-order chi connectivity index (χ0) is 5.54. The van der Waals surface area contributed by atoms with Crippen molar-refractivity contribution in [1.82, 2.24) is 0 Å². The van der Waals surface area contributed by atoms with E-state index in [1.54, 1.807) is 0 Å². The summed E-state index contributed by atoms with van der Waals surface area (Å²) in [4.78, 5) is 0. The van der Waals surface area contributed by atoms with Crippen LogP contribution in [0, 0.1) is 0 Å². The molecule has 7 heavy (non-hydrogen) atoms. The molecule has 0 aliphatic heterocycles. The second-order valence-corrected chi connectivity index (χ2v) is 3.95. The molecule has 40 valence electrons. The van der Waals surface area contributed by atoms with Crippen molar-refractivity contribution in [3.63, 3.8) is 0 Å². The molecule has 0 aliphatic rings. The second-order valence-electron chi connectivity index (χ2n) is 1.35. The Bertz CT molecular complexity index is 49.0. The zero-order valence-electron chi connectivity index (χ0n) is 4.19. The maximum absolute atomic E-state index is 11.2. The third-order valence-electron chi connectivity index (χ3n) is 0.706. The minimum absolute atomic E-state index is 0.247. The summed E-state index contributed by atoms with van der Waals surface area (Å²) in [6, 6.07) is 0. The van der Waals surface area contributed by atoms with E-state index in [9.17, 15) is 7.25 Å². The molecule has 0 saturated heterocycles. The quantitative estimate of drug-likeness (QED) is 0.631. The van der Waals surface area contributed by atoms with Gasteiger partial charge in [0.2, 0.25) is 0 Å². The summed E-state index contributed by atoms with van der Waals surface area (Å²) in [5.41, 5.74) is 0. The van der Waals surface area contributed by atoms with Crippen LogP contribution < -0.4 is 0 Å². The van der Waals surface area contributed by atoms with Gasteiger partial charge in [-0.1, -0.05) is 0 Å². The average molecular weight is 206 g/mol. The predicted molar refractivity (Wildman–Crippen MR) is 26.5 cm³/mol. The van der Waals surface area contributed by atoms with Gasteiger partial charge in [-0.2, -0.15) is 0 Å². The van der Waals surface area contributed by atoms with Crippen molar-refractivity contribution in [2.75, 3.05) is 6.67 Å². The molecule has 0 amide bonds. The van der Waals surface area contributed by atoms with Crippen LogP contribution in [0.15, 0.2) is 0 Å². The van der Waals surface area contributed by atoms with Crippen LogP contribution in [-0.4, -0.2) is 29.6 Å². The van der Waals surface area contributed by atoms with E-state index in [1.807, 2.05) is 0 Å². The maximum atomic E-state index is 11.2. The monoisotopic (exact) mass is 206 g/mol. The first-order valence-electron chi connectivity index (χ1n) is 2.41. The fourth-order valence-electron chi connectivity index (χ4n) is 0.322. The Hall–Kier alpha value is 0.600. The molecule has 3 heteroatoms. The standard InChI is InChI=1S/C4H8F.In.O/c1-2-3-4-5;;/h1-4H2;;. The molecule has 0 spiro atoms. The van der Waals surface area contributed by atoms with Gasteiger partial charge in [0.05, 0.1) is 0 Å². The number of hydrogen-bond acceptors (Lipinski definition) is 1. The van der Waals surface area contributed by atoms with Crippen LogP contribution in [0.25, 0.3) is 0 Å². The van der Waals surface area contributed by atoms with E-state index in [0.29, 0.717) is 6.42 Å². The second kappa shape index (κ2) is 6.60. The molecule has 0 radical (unpaired) electrons. The summed E-state index contributed by atoms with van der Waals surface area (Å²) in [6.45, 7) is -0.247. The van der Waals surface area contributed by atoms with Gasteiger partial charge in [-0.25, -0.2) is 0 Å². The van der Waals surface area contributed by atoms with Crippen molar-refractivity contribution < 1.29 is 7.25 Å². The van der Waals surface area contributed by atoms with E-state index in [2.05, 4.69) is 0 Å². The number of alkyl halides is 1. The van der Waals surface area contributed by atoms with Gasteiger partial charge < -0.3 is 0 Å². The van der Waals surface area contributed by atoms with Crippen LogP contribution in [0.3, 0.4) is 0 Å². The van der Waals surface area contributed by atoms with Gasteiger partial charge >= 0.3 is 53.8 Å². The Labute approximate surface area is 54.1 Å². The number of rotatable bonds is 4. The van der Waals surface area contributed by atoms with Crippen molar-refractivity contribution in [2.45, 2.75) is 17.0 Å². The van der Waals surface area contributed by atoms with E-state index >= 15 is 0 Å². The van der Waals surface area contributed by atoms with Crippen molar-refractivity contribution in [2.24, 2.45) is 0 Å². The van der Waals surface area contributed by atoms with Crippen molar-refractivity contribution in [3.05, 3.63) is 0 Å². The number of hydrogen-bond donors (Lipinski definition) is 0. The predicted octanol–water partition coefficient (Wildman–Crippen LogP) is 1.20. The van der Waals surface area contributed by atoms with E-state index in [-0.39, 0.29) is 6.67 Å². The summed E-state index contributed by atoms with van der Waals surface area (Å²) in [7, 11) is 0. The van der Waals surface area contributed by atoms with Gasteiger partial charge in [0.15, 0.2) is 0 Å². The first kappa shape index (κ1) is 7.60. The van der Waals surface area contributed by atoms with Crippen LogP contribution in [-0.2, 0) is 2.85 Å². The zero-order valence-corrected chi connectivity index (χ0v) is 7.49. The van der Waals surface area contributed by atoms with Crippen LogP contribution in [0.2, 0.25) is 4.18 Å². The van der Waals surface area contributed by atoms with Gasteiger partial charge in [0, 0.05) is 0 Å². The fraction of sp³-hybridized carbons (Fsp3) is 1.00. The van der Waals surface area contributed by atoms with Crippen LogP contribution >= 0.6 is 0 Å². The first-order chi connectivity index (χ1) is 3.41. The molecule has 0 saturated carbocycles. The summed E-state index contributed by atoms with van der Waals surface area (Å²) in [5, 5.41) is 0. The van der Waals surface area contributed by atoms with E-state index in [0.717, 1.165) is 10.6 Å². The van der Waals surface area contributed by atoms with Crippen molar-refractivity contribution in [1.29, 1.82) is 0 Å². The van der Waals surface area contributed by atoms with E-state index in [1.165, 1.54) is 0 Å². The molecular weight excluding hydrogens is 198 g/mol. The third-order valence-corrected chi connectivity index (χ3v) is 2.54. The Morgan fingerprint density at radius 2 is 2.14 bits per heavy atom. The molecule has 0 bridgehead atoms. The molecule has 1 nitrogen and oxygen atoms in total. The van der Waals surface area contributed by atoms with Crippen LogP contribution in [0.1, 0.15) is 12.8 Å². The van der Waals surface area contributed by atoms with Crippen LogP contribution in [0.4, 0.5) is 4.39 Å². The topological polar surface area (TPSA) is 17.1 Å². The van der Waals surface area contributed by atoms with Gasteiger partial charge in [0.1, 0.15) is 0 Å². The average Bonchev–Trinajstić information content (AvgIpc) is 1.69. The Morgan fingerprint density at radius 3 is 2.57 bits per heavy atom. The third kappa shape index (κ3) is 6.60. The minimum atomic E-state index is -1.38. The number of unbranched alkanes of at least 4 members (excludes halogenated alkanes) is 1. The Kier molecular flexibility index (Phi) is 7.17. The van der Waals surface area contributed by atoms with Crippen molar-refractivity contribution >= 4 is 22.9 Å². The summed E-state index contributed by atoms with van der Waals surface area (Å²) < 4.78 is 21.9. The number of halogens is 1. The van der Waals surface area contributed by atoms with Gasteiger partial charge in [-0.15, -0.1) is 0 Å². The molecular formula is C4H8FInO. The van der Waals surface area contributed by atoms with Gasteiger partial charge in [-0.05, 0) is 0 Å². The van der Waals surface area contributed by atoms with Gasteiger partial charge in [0.25, 0.3) is 0 Å².